The lowest BCUT2D eigenvalue weighted by atomic mass is 10.00. The largest absolute Gasteiger partial charge is 0.492 e. The summed E-state index contributed by atoms with van der Waals surface area (Å²) in [4.78, 5) is 30.0. The molecule has 2 fully saturated rings. The van der Waals surface area contributed by atoms with E-state index >= 15 is 0 Å². The molecule has 0 unspecified atom stereocenters. The molecule has 2 atom stereocenters. The van der Waals surface area contributed by atoms with Gasteiger partial charge in [-0.05, 0) is 44.7 Å². The predicted octanol–water partition coefficient (Wildman–Crippen LogP) is 4.12. The van der Waals surface area contributed by atoms with Crippen LogP contribution < -0.4 is 10.1 Å². The summed E-state index contributed by atoms with van der Waals surface area (Å²) in [6, 6.07) is 7.37. The summed E-state index contributed by atoms with van der Waals surface area (Å²) in [6.07, 6.45) is 6.94. The van der Waals surface area contributed by atoms with Crippen LogP contribution >= 0.6 is 0 Å². The van der Waals surface area contributed by atoms with Crippen LogP contribution in [0.4, 0.5) is 10.5 Å². The number of nitrogens with one attached hydrogen (secondary N) is 1. The van der Waals surface area contributed by atoms with Gasteiger partial charge in [0.15, 0.2) is 0 Å². The molecule has 1 N–H and O–H groups in total. The van der Waals surface area contributed by atoms with E-state index in [0.717, 1.165) is 51.5 Å². The molecular formula is C22H33N3O3. The number of urea groups is 1. The third-order valence-electron chi connectivity index (χ3n) is 5.91. The van der Waals surface area contributed by atoms with Crippen molar-refractivity contribution in [3.63, 3.8) is 0 Å². The summed E-state index contributed by atoms with van der Waals surface area (Å²) in [5, 5.41) is 3.04. The van der Waals surface area contributed by atoms with Crippen molar-refractivity contribution < 1.29 is 14.3 Å². The highest BCUT2D eigenvalue weighted by Crippen LogP contribution is 2.33. The van der Waals surface area contributed by atoms with Crippen LogP contribution in [0.25, 0.3) is 0 Å². The zero-order valence-corrected chi connectivity index (χ0v) is 17.2. The van der Waals surface area contributed by atoms with E-state index in [1.54, 1.807) is 0 Å². The quantitative estimate of drug-likeness (QED) is 0.849. The summed E-state index contributed by atoms with van der Waals surface area (Å²) >= 11 is 0. The normalized spacial score (nSPS) is 23.7. The van der Waals surface area contributed by atoms with Crippen molar-refractivity contribution >= 4 is 17.6 Å². The van der Waals surface area contributed by atoms with Gasteiger partial charge in [-0.25, -0.2) is 4.79 Å². The highest BCUT2D eigenvalue weighted by Gasteiger charge is 2.40. The van der Waals surface area contributed by atoms with Crippen molar-refractivity contribution in [2.75, 3.05) is 32.1 Å². The first-order chi connectivity index (χ1) is 13.6. The van der Waals surface area contributed by atoms with E-state index in [1.165, 1.54) is 0 Å². The molecule has 1 saturated heterocycles. The number of nitrogens with zero attached hydrogens (tertiary/aromatic N) is 2. The smallest absolute Gasteiger partial charge is 0.322 e. The molecule has 1 aromatic carbocycles. The maximum absolute atomic E-state index is 13.2. The topological polar surface area (TPSA) is 61.9 Å². The number of carbonyl (C=O) groups is 2. The average Bonchev–Trinajstić information content (AvgIpc) is 3.16. The van der Waals surface area contributed by atoms with Gasteiger partial charge in [-0.2, -0.15) is 0 Å². The van der Waals surface area contributed by atoms with E-state index in [2.05, 4.69) is 5.32 Å². The first-order valence-electron chi connectivity index (χ1n) is 10.7. The van der Waals surface area contributed by atoms with Gasteiger partial charge in [0.05, 0.1) is 18.2 Å². The molecule has 2 aliphatic rings. The Morgan fingerprint density at radius 2 is 1.86 bits per heavy atom. The molecule has 1 saturated carbocycles. The molecule has 3 rings (SSSR count). The Bertz CT molecular complexity index is 679. The van der Waals surface area contributed by atoms with Crippen molar-refractivity contribution in [3.8, 4) is 5.75 Å². The van der Waals surface area contributed by atoms with Crippen LogP contribution in [0.3, 0.4) is 0 Å². The molecule has 6 heteroatoms. The van der Waals surface area contributed by atoms with Gasteiger partial charge in [0, 0.05) is 26.2 Å². The molecular weight excluding hydrogens is 354 g/mol. The van der Waals surface area contributed by atoms with Gasteiger partial charge in [0.25, 0.3) is 0 Å². The first kappa shape index (κ1) is 20.5. The number of anilines is 1. The van der Waals surface area contributed by atoms with Gasteiger partial charge >= 0.3 is 6.03 Å². The number of para-hydroxylation sites is 2. The first-order valence-corrected chi connectivity index (χ1v) is 10.7. The minimum Gasteiger partial charge on any atom is -0.492 e. The van der Waals surface area contributed by atoms with Crippen molar-refractivity contribution in [1.82, 2.24) is 9.80 Å². The third-order valence-corrected chi connectivity index (χ3v) is 5.91. The standard InChI is InChI=1S/C22H33N3O3/c1-3-28-20-14-7-6-12-18(20)23-22(27)25-16-9-5-4-8-15-24(2)21(26)17-11-10-13-19(17)25/h6-7,12,14,17,19H,3-5,8-11,13,15-16H2,1-2H3,(H,23,27)/t17-,19+/m0/s1. The molecule has 1 heterocycles. The molecule has 3 amide bonds. The number of hydrogen-bond acceptors (Lipinski definition) is 3. The molecule has 28 heavy (non-hydrogen) atoms. The Labute approximate surface area is 168 Å². The Hall–Kier alpha value is -2.24. The fraction of sp³-hybridized carbons (Fsp3) is 0.636. The monoisotopic (exact) mass is 387 g/mol. The molecule has 0 aromatic heterocycles. The van der Waals surface area contributed by atoms with E-state index in [4.69, 9.17) is 4.74 Å². The Kier molecular flexibility index (Phi) is 7.18. The lowest BCUT2D eigenvalue weighted by Gasteiger charge is -2.34. The van der Waals surface area contributed by atoms with Gasteiger partial charge in [-0.3, -0.25) is 4.79 Å². The van der Waals surface area contributed by atoms with E-state index in [-0.39, 0.29) is 23.9 Å². The number of ether oxygens (including phenoxy) is 1. The summed E-state index contributed by atoms with van der Waals surface area (Å²) in [5.74, 6) is 0.780. The number of benzene rings is 1. The second kappa shape index (κ2) is 9.80. The summed E-state index contributed by atoms with van der Waals surface area (Å²) < 4.78 is 5.65. The van der Waals surface area contributed by atoms with Crippen LogP contribution in [0.2, 0.25) is 0 Å². The van der Waals surface area contributed by atoms with Crippen molar-refractivity contribution in [2.24, 2.45) is 5.92 Å². The van der Waals surface area contributed by atoms with Crippen LogP contribution in [0.1, 0.15) is 51.9 Å². The highest BCUT2D eigenvalue weighted by atomic mass is 16.5. The second-order valence-corrected chi connectivity index (χ2v) is 7.83. The van der Waals surface area contributed by atoms with Crippen molar-refractivity contribution in [2.45, 2.75) is 57.9 Å². The maximum Gasteiger partial charge on any atom is 0.322 e. The van der Waals surface area contributed by atoms with Gasteiger partial charge < -0.3 is 19.9 Å². The Balaban J connectivity index is 1.80. The maximum atomic E-state index is 13.2. The number of amides is 3. The molecule has 0 bridgehead atoms. The van der Waals surface area contributed by atoms with Crippen LogP contribution in [0.15, 0.2) is 24.3 Å². The van der Waals surface area contributed by atoms with Crippen molar-refractivity contribution in [1.29, 1.82) is 0 Å². The van der Waals surface area contributed by atoms with Crippen LogP contribution in [-0.4, -0.2) is 54.5 Å². The zero-order valence-electron chi connectivity index (χ0n) is 17.2. The second-order valence-electron chi connectivity index (χ2n) is 7.83. The van der Waals surface area contributed by atoms with Gasteiger partial charge in [-0.1, -0.05) is 31.4 Å². The van der Waals surface area contributed by atoms with Crippen LogP contribution in [0, 0.1) is 5.92 Å². The summed E-state index contributed by atoms with van der Waals surface area (Å²) in [5.41, 5.74) is 0.682. The van der Waals surface area contributed by atoms with Gasteiger partial charge in [0.1, 0.15) is 5.75 Å². The lowest BCUT2D eigenvalue weighted by Crippen LogP contribution is -2.49. The summed E-state index contributed by atoms with van der Waals surface area (Å²) in [7, 11) is 1.90. The van der Waals surface area contributed by atoms with Gasteiger partial charge in [-0.15, -0.1) is 0 Å². The minimum atomic E-state index is -0.126. The molecule has 1 aliphatic carbocycles. The minimum absolute atomic E-state index is 0.0210. The van der Waals surface area contributed by atoms with E-state index in [1.807, 2.05) is 48.0 Å². The lowest BCUT2D eigenvalue weighted by molar-refractivity contribution is -0.135. The SMILES string of the molecule is CCOc1ccccc1NC(=O)N1CCCCCCN(C)C(=O)[C@H]2CCC[C@H]21. The van der Waals surface area contributed by atoms with E-state index < -0.39 is 0 Å². The predicted molar refractivity (Wildman–Crippen MR) is 111 cm³/mol. The number of hydrogen-bond donors (Lipinski definition) is 1. The average molecular weight is 388 g/mol. The fourth-order valence-corrected chi connectivity index (χ4v) is 4.44. The molecule has 0 spiro atoms. The van der Waals surface area contributed by atoms with Crippen LogP contribution in [-0.2, 0) is 4.79 Å². The van der Waals surface area contributed by atoms with E-state index in [9.17, 15) is 9.59 Å². The number of carbonyl (C=O) groups excluding carboxylic acids is 2. The van der Waals surface area contributed by atoms with E-state index in [0.29, 0.717) is 24.6 Å². The molecule has 1 aromatic rings. The fourth-order valence-electron chi connectivity index (χ4n) is 4.44. The molecule has 154 valence electrons. The number of rotatable bonds is 3. The third kappa shape index (κ3) is 4.78. The Morgan fingerprint density at radius 1 is 1.11 bits per heavy atom. The van der Waals surface area contributed by atoms with Crippen molar-refractivity contribution in [3.05, 3.63) is 24.3 Å². The zero-order chi connectivity index (χ0) is 19.9. The Morgan fingerprint density at radius 3 is 2.64 bits per heavy atom. The number of fused-ring (bicyclic) bond motifs is 1. The molecule has 1 aliphatic heterocycles. The molecule has 6 nitrogen and oxygen atoms in total. The van der Waals surface area contributed by atoms with Gasteiger partial charge in [0.2, 0.25) is 5.91 Å². The highest BCUT2D eigenvalue weighted by molar-refractivity contribution is 5.92. The summed E-state index contributed by atoms with van der Waals surface area (Å²) in [6.45, 7) is 3.98. The van der Waals surface area contributed by atoms with Crippen LogP contribution in [0.5, 0.6) is 5.75 Å². The molecule has 0 radical (unpaired) electrons.